The second kappa shape index (κ2) is 10.3. The molecule has 2 unspecified atom stereocenters. The minimum atomic E-state index is -1.65. The van der Waals surface area contributed by atoms with Crippen molar-refractivity contribution in [2.45, 2.75) is 30.3 Å². The summed E-state index contributed by atoms with van der Waals surface area (Å²) >= 11 is -1.65. The summed E-state index contributed by atoms with van der Waals surface area (Å²) in [5.74, 6) is 2.45. The van der Waals surface area contributed by atoms with Crippen molar-refractivity contribution in [2.24, 2.45) is 0 Å². The lowest BCUT2D eigenvalue weighted by atomic mass is 9.83. The van der Waals surface area contributed by atoms with Gasteiger partial charge < -0.3 is 23.5 Å². The van der Waals surface area contributed by atoms with Crippen LogP contribution in [0.5, 0.6) is 23.0 Å². The number of aliphatic hydroxyl groups is 1. The van der Waals surface area contributed by atoms with Crippen molar-refractivity contribution in [3.63, 3.8) is 0 Å². The van der Waals surface area contributed by atoms with Crippen LogP contribution in [0.3, 0.4) is 0 Å². The molecule has 5 rings (SSSR count). The lowest BCUT2D eigenvalue weighted by Crippen LogP contribution is -2.39. The van der Waals surface area contributed by atoms with E-state index >= 15 is 0 Å². The molecule has 184 valence electrons. The van der Waals surface area contributed by atoms with E-state index in [0.29, 0.717) is 34.4 Å². The van der Waals surface area contributed by atoms with Gasteiger partial charge in [0.25, 0.3) is 0 Å². The van der Waals surface area contributed by atoms with Crippen LogP contribution in [0.2, 0.25) is 0 Å². The molecule has 2 atom stereocenters. The Kier molecular flexibility index (Phi) is 6.95. The van der Waals surface area contributed by atoms with E-state index < -0.39 is 11.1 Å². The minimum Gasteiger partial charge on any atom is -0.493 e. The van der Waals surface area contributed by atoms with Gasteiger partial charge in [-0.25, -0.2) is 4.21 Å². The maximum Gasteiger partial charge on any atom is 0.240 e. The normalized spacial score (nSPS) is 17.5. The Morgan fingerprint density at radius 1 is 1.00 bits per heavy atom. The highest BCUT2D eigenvalue weighted by molar-refractivity contribution is 7.80. The van der Waals surface area contributed by atoms with Crippen LogP contribution >= 0.6 is 0 Å². The van der Waals surface area contributed by atoms with Gasteiger partial charge in [-0.15, -0.1) is 0 Å². The molecule has 2 heterocycles. The third kappa shape index (κ3) is 4.61. The van der Waals surface area contributed by atoms with Crippen molar-refractivity contribution in [1.29, 1.82) is 0 Å². The van der Waals surface area contributed by atoms with E-state index in [1.165, 1.54) is 11.1 Å². The lowest BCUT2D eigenvalue weighted by molar-refractivity contribution is 0.157. The van der Waals surface area contributed by atoms with Gasteiger partial charge in [0.15, 0.2) is 23.0 Å². The largest absolute Gasteiger partial charge is 0.493 e. The Morgan fingerprint density at radius 3 is 2.54 bits per heavy atom. The van der Waals surface area contributed by atoms with E-state index in [2.05, 4.69) is 23.1 Å². The fraction of sp³-hybridized carbons (Fsp3) is 0.333. The van der Waals surface area contributed by atoms with Gasteiger partial charge in [-0.1, -0.05) is 24.3 Å². The maximum absolute atomic E-state index is 13.0. The minimum absolute atomic E-state index is 0.0574. The Hall–Kier alpha value is -3.07. The molecule has 0 spiro atoms. The zero-order valence-corrected chi connectivity index (χ0v) is 20.7. The molecule has 0 bridgehead atoms. The van der Waals surface area contributed by atoms with Crippen LogP contribution in [0.15, 0.2) is 59.5 Å². The summed E-state index contributed by atoms with van der Waals surface area (Å²) < 4.78 is 35.9. The van der Waals surface area contributed by atoms with Crippen molar-refractivity contribution in [2.75, 3.05) is 34.0 Å². The molecule has 2 aliphatic heterocycles. The second-order valence-electron chi connectivity index (χ2n) is 8.58. The SMILES string of the molecule is COc1cc2c(cc1OCCO)C1Cc3ccc(OC)c(OS(=O)c4ccccc4)c3CN1CC2. The summed E-state index contributed by atoms with van der Waals surface area (Å²) in [6.07, 6.45) is 1.67. The van der Waals surface area contributed by atoms with Crippen molar-refractivity contribution >= 4 is 11.1 Å². The van der Waals surface area contributed by atoms with E-state index in [4.69, 9.17) is 18.4 Å². The number of hydrogen-bond donors (Lipinski definition) is 1. The summed E-state index contributed by atoms with van der Waals surface area (Å²) in [7, 11) is 3.23. The number of methoxy groups -OCH3 is 2. The fourth-order valence-corrected chi connectivity index (χ4v) is 5.76. The Balaban J connectivity index is 1.49. The fourth-order valence-electron chi connectivity index (χ4n) is 4.95. The van der Waals surface area contributed by atoms with Gasteiger partial charge in [0, 0.05) is 24.7 Å². The zero-order chi connectivity index (χ0) is 24.4. The maximum atomic E-state index is 13.0. The van der Waals surface area contributed by atoms with E-state index in [1.54, 1.807) is 26.4 Å². The first kappa shape index (κ1) is 23.7. The molecule has 1 N–H and O–H groups in total. The molecule has 0 fully saturated rings. The zero-order valence-electron chi connectivity index (χ0n) is 19.9. The molecule has 35 heavy (non-hydrogen) atoms. The monoisotopic (exact) mass is 495 g/mol. The molecule has 0 saturated carbocycles. The van der Waals surface area contributed by atoms with E-state index in [-0.39, 0.29) is 19.3 Å². The number of ether oxygens (including phenoxy) is 3. The predicted molar refractivity (Wildman–Crippen MR) is 133 cm³/mol. The summed E-state index contributed by atoms with van der Waals surface area (Å²) in [4.78, 5) is 3.03. The summed E-state index contributed by atoms with van der Waals surface area (Å²) in [6, 6.07) is 17.4. The van der Waals surface area contributed by atoms with Crippen LogP contribution in [0.1, 0.15) is 28.3 Å². The topological polar surface area (TPSA) is 77.5 Å². The summed E-state index contributed by atoms with van der Waals surface area (Å²) in [5.41, 5.74) is 4.62. The van der Waals surface area contributed by atoms with Gasteiger partial charge in [0.05, 0.1) is 25.7 Å². The summed E-state index contributed by atoms with van der Waals surface area (Å²) in [5, 5.41) is 9.21. The lowest BCUT2D eigenvalue weighted by Gasteiger charge is -2.42. The van der Waals surface area contributed by atoms with Crippen molar-refractivity contribution in [3.8, 4) is 23.0 Å². The molecule has 3 aromatic rings. The number of nitrogens with zero attached hydrogens (tertiary/aromatic N) is 1. The number of hydrogen-bond acceptors (Lipinski definition) is 7. The molecule has 0 radical (unpaired) electrons. The van der Waals surface area contributed by atoms with E-state index in [1.807, 2.05) is 24.3 Å². The molecule has 0 amide bonds. The van der Waals surface area contributed by atoms with Crippen molar-refractivity contribution < 1.29 is 27.7 Å². The highest BCUT2D eigenvalue weighted by Crippen LogP contribution is 2.46. The molecule has 7 nitrogen and oxygen atoms in total. The van der Waals surface area contributed by atoms with E-state index in [9.17, 15) is 9.32 Å². The molecule has 3 aromatic carbocycles. The first-order chi connectivity index (χ1) is 17.1. The van der Waals surface area contributed by atoms with Crippen LogP contribution in [-0.2, 0) is 30.5 Å². The Bertz CT molecular complexity index is 1230. The van der Waals surface area contributed by atoms with E-state index in [0.717, 1.165) is 30.5 Å². The van der Waals surface area contributed by atoms with Crippen LogP contribution in [0.4, 0.5) is 0 Å². The smallest absolute Gasteiger partial charge is 0.240 e. The quantitative estimate of drug-likeness (QED) is 0.509. The van der Waals surface area contributed by atoms with Gasteiger partial charge in [0.2, 0.25) is 11.1 Å². The first-order valence-electron chi connectivity index (χ1n) is 11.6. The number of rotatable bonds is 8. The van der Waals surface area contributed by atoms with Crippen LogP contribution in [0, 0.1) is 0 Å². The number of aliphatic hydroxyl groups excluding tert-OH is 1. The van der Waals surface area contributed by atoms with Crippen LogP contribution in [-0.4, -0.2) is 48.2 Å². The van der Waals surface area contributed by atoms with Gasteiger partial charge in [-0.05, 0) is 59.9 Å². The van der Waals surface area contributed by atoms with Gasteiger partial charge in [-0.2, -0.15) is 0 Å². The molecule has 2 aliphatic rings. The van der Waals surface area contributed by atoms with Crippen molar-refractivity contribution in [1.82, 2.24) is 4.90 Å². The highest BCUT2D eigenvalue weighted by atomic mass is 32.2. The molecule has 0 saturated heterocycles. The number of fused-ring (bicyclic) bond motifs is 4. The highest BCUT2D eigenvalue weighted by Gasteiger charge is 2.35. The van der Waals surface area contributed by atoms with Gasteiger partial charge in [0.1, 0.15) is 6.61 Å². The van der Waals surface area contributed by atoms with Gasteiger partial charge >= 0.3 is 0 Å². The molecule has 8 heteroatoms. The third-order valence-electron chi connectivity index (χ3n) is 6.65. The Morgan fingerprint density at radius 2 is 1.80 bits per heavy atom. The van der Waals surface area contributed by atoms with Crippen LogP contribution in [0.25, 0.3) is 0 Å². The molecular weight excluding hydrogens is 466 g/mol. The van der Waals surface area contributed by atoms with Crippen molar-refractivity contribution in [3.05, 3.63) is 76.9 Å². The molecule has 0 aliphatic carbocycles. The van der Waals surface area contributed by atoms with Crippen LogP contribution < -0.4 is 18.4 Å². The predicted octanol–water partition coefficient (Wildman–Crippen LogP) is 3.83. The molecule has 0 aromatic heterocycles. The number of benzene rings is 3. The second-order valence-corrected chi connectivity index (χ2v) is 9.69. The molecular formula is C27H29NO6S. The standard InChI is InChI=1S/C27H29NO6S/c1-31-24-9-8-18-14-23-21-16-26(33-13-12-29)25(32-2)15-19(21)10-11-28(23)17-22(18)27(24)34-35(30)20-6-4-3-5-7-20/h3-9,15-16,23,29H,10-14,17H2,1-2H3. The third-order valence-corrected chi connectivity index (χ3v) is 7.63. The Labute approximate surface area is 207 Å². The van der Waals surface area contributed by atoms with Gasteiger partial charge in [-0.3, -0.25) is 4.90 Å². The summed E-state index contributed by atoms with van der Waals surface area (Å²) in [6.45, 7) is 1.70. The average Bonchev–Trinajstić information content (AvgIpc) is 2.90. The first-order valence-corrected chi connectivity index (χ1v) is 12.7. The average molecular weight is 496 g/mol.